The lowest BCUT2D eigenvalue weighted by Crippen LogP contribution is -2.39. The molecule has 0 saturated carbocycles. The summed E-state index contributed by atoms with van der Waals surface area (Å²) >= 11 is 0. The van der Waals surface area contributed by atoms with Crippen molar-refractivity contribution in [3.63, 3.8) is 0 Å². The third kappa shape index (κ3) is 1.52. The average Bonchev–Trinajstić information content (AvgIpc) is 2.50. The molecule has 2 saturated heterocycles. The highest BCUT2D eigenvalue weighted by atomic mass is 15.2. The van der Waals surface area contributed by atoms with Crippen LogP contribution in [0.2, 0.25) is 0 Å². The molecule has 12 heavy (non-hydrogen) atoms. The van der Waals surface area contributed by atoms with Gasteiger partial charge in [0.05, 0.1) is 0 Å². The molecule has 0 amide bonds. The van der Waals surface area contributed by atoms with Crippen LogP contribution in [-0.2, 0) is 0 Å². The first-order valence-corrected chi connectivity index (χ1v) is 5.67. The standard InChI is InChI=1S/C11H21N/c1-2-5-10-7-8-11-6-3-4-9-12(10)11/h10-11H,2-9H2,1H3/t10-,11-/m0/s1. The molecule has 0 aromatic carbocycles. The van der Waals surface area contributed by atoms with Crippen LogP contribution < -0.4 is 0 Å². The largest absolute Gasteiger partial charge is 0.297 e. The number of piperidine rings is 1. The van der Waals surface area contributed by atoms with Gasteiger partial charge in [0.1, 0.15) is 0 Å². The molecule has 0 bridgehead atoms. The fourth-order valence-corrected chi connectivity index (χ4v) is 3.01. The van der Waals surface area contributed by atoms with E-state index >= 15 is 0 Å². The Bertz CT molecular complexity index is 144. The van der Waals surface area contributed by atoms with Gasteiger partial charge in [0.2, 0.25) is 0 Å². The minimum Gasteiger partial charge on any atom is -0.297 e. The lowest BCUT2D eigenvalue weighted by atomic mass is 10.0. The zero-order chi connectivity index (χ0) is 8.39. The van der Waals surface area contributed by atoms with Gasteiger partial charge in [-0.3, -0.25) is 4.90 Å². The van der Waals surface area contributed by atoms with E-state index in [1.54, 1.807) is 0 Å². The summed E-state index contributed by atoms with van der Waals surface area (Å²) in [6.45, 7) is 3.71. The molecule has 0 aromatic heterocycles. The van der Waals surface area contributed by atoms with Crippen molar-refractivity contribution < 1.29 is 0 Å². The smallest absolute Gasteiger partial charge is 0.00987 e. The van der Waals surface area contributed by atoms with Gasteiger partial charge in [0.25, 0.3) is 0 Å². The molecule has 0 spiro atoms. The lowest BCUT2D eigenvalue weighted by Gasteiger charge is -2.33. The quantitative estimate of drug-likeness (QED) is 0.611. The van der Waals surface area contributed by atoms with Crippen molar-refractivity contribution in [2.45, 2.75) is 64.0 Å². The zero-order valence-electron chi connectivity index (χ0n) is 8.26. The first kappa shape index (κ1) is 8.55. The van der Waals surface area contributed by atoms with Gasteiger partial charge in [-0.05, 0) is 38.6 Å². The first-order valence-electron chi connectivity index (χ1n) is 5.67. The van der Waals surface area contributed by atoms with Crippen LogP contribution in [0, 0.1) is 0 Å². The van der Waals surface area contributed by atoms with Crippen molar-refractivity contribution in [2.24, 2.45) is 0 Å². The van der Waals surface area contributed by atoms with Gasteiger partial charge in [0, 0.05) is 12.1 Å². The molecule has 0 unspecified atom stereocenters. The van der Waals surface area contributed by atoms with Gasteiger partial charge < -0.3 is 0 Å². The second-order valence-corrected chi connectivity index (χ2v) is 4.41. The van der Waals surface area contributed by atoms with Gasteiger partial charge in [-0.1, -0.05) is 19.8 Å². The normalized spacial score (nSPS) is 36.8. The maximum absolute atomic E-state index is 2.80. The molecular formula is C11H21N. The highest BCUT2D eigenvalue weighted by Crippen LogP contribution is 2.33. The number of fused-ring (bicyclic) bond motifs is 1. The SMILES string of the molecule is CCC[C@H]1CC[C@@H]2CCCCN12. The minimum absolute atomic E-state index is 0.959. The van der Waals surface area contributed by atoms with Gasteiger partial charge in [-0.2, -0.15) is 0 Å². The molecule has 0 radical (unpaired) electrons. The lowest BCUT2D eigenvalue weighted by molar-refractivity contribution is 0.143. The molecule has 1 heteroatoms. The van der Waals surface area contributed by atoms with E-state index in [9.17, 15) is 0 Å². The fourth-order valence-electron chi connectivity index (χ4n) is 3.01. The van der Waals surface area contributed by atoms with E-state index in [2.05, 4.69) is 11.8 Å². The Morgan fingerprint density at radius 1 is 1.17 bits per heavy atom. The second kappa shape index (κ2) is 3.78. The third-order valence-electron chi connectivity index (χ3n) is 3.60. The summed E-state index contributed by atoms with van der Waals surface area (Å²) in [5.41, 5.74) is 0. The van der Waals surface area contributed by atoms with Crippen LogP contribution in [0.3, 0.4) is 0 Å². The van der Waals surface area contributed by atoms with Crippen LogP contribution in [0.25, 0.3) is 0 Å². The molecule has 2 fully saturated rings. The van der Waals surface area contributed by atoms with Crippen molar-refractivity contribution in [3.05, 3.63) is 0 Å². The number of nitrogens with zero attached hydrogens (tertiary/aromatic N) is 1. The van der Waals surface area contributed by atoms with E-state index in [0.29, 0.717) is 0 Å². The predicted octanol–water partition coefficient (Wildman–Crippen LogP) is 2.80. The Balaban J connectivity index is 1.92. The minimum atomic E-state index is 0.959. The Hall–Kier alpha value is -0.0400. The van der Waals surface area contributed by atoms with E-state index in [-0.39, 0.29) is 0 Å². The van der Waals surface area contributed by atoms with Gasteiger partial charge in [0.15, 0.2) is 0 Å². The van der Waals surface area contributed by atoms with Gasteiger partial charge >= 0.3 is 0 Å². The molecule has 2 rings (SSSR count). The summed E-state index contributed by atoms with van der Waals surface area (Å²) in [4.78, 5) is 2.80. The van der Waals surface area contributed by atoms with Crippen molar-refractivity contribution in [3.8, 4) is 0 Å². The van der Waals surface area contributed by atoms with E-state index in [1.807, 2.05) is 0 Å². The van der Waals surface area contributed by atoms with E-state index in [4.69, 9.17) is 0 Å². The Kier molecular flexibility index (Phi) is 2.69. The topological polar surface area (TPSA) is 3.24 Å². The maximum atomic E-state index is 2.80. The van der Waals surface area contributed by atoms with E-state index < -0.39 is 0 Å². The molecular weight excluding hydrogens is 146 g/mol. The van der Waals surface area contributed by atoms with Crippen molar-refractivity contribution in [1.29, 1.82) is 0 Å². The Morgan fingerprint density at radius 2 is 2.08 bits per heavy atom. The van der Waals surface area contributed by atoms with Crippen LogP contribution in [0.4, 0.5) is 0 Å². The van der Waals surface area contributed by atoms with E-state index in [1.165, 1.54) is 51.5 Å². The van der Waals surface area contributed by atoms with Crippen LogP contribution in [-0.4, -0.2) is 23.5 Å². The molecule has 2 heterocycles. The highest BCUT2D eigenvalue weighted by Gasteiger charge is 2.33. The number of rotatable bonds is 2. The summed E-state index contributed by atoms with van der Waals surface area (Å²) in [6, 6.07) is 1.94. The van der Waals surface area contributed by atoms with Crippen LogP contribution in [0.15, 0.2) is 0 Å². The molecule has 2 atom stereocenters. The van der Waals surface area contributed by atoms with Crippen LogP contribution in [0.1, 0.15) is 51.9 Å². The van der Waals surface area contributed by atoms with Crippen molar-refractivity contribution in [1.82, 2.24) is 4.90 Å². The maximum Gasteiger partial charge on any atom is 0.00987 e. The highest BCUT2D eigenvalue weighted by molar-refractivity contribution is 4.89. The van der Waals surface area contributed by atoms with Crippen LogP contribution >= 0.6 is 0 Å². The molecule has 0 aliphatic carbocycles. The zero-order valence-corrected chi connectivity index (χ0v) is 8.26. The molecule has 2 aliphatic rings. The summed E-state index contributed by atoms with van der Waals surface area (Å²) in [5.74, 6) is 0. The molecule has 1 nitrogen and oxygen atoms in total. The van der Waals surface area contributed by atoms with Crippen LogP contribution in [0.5, 0.6) is 0 Å². The first-order chi connectivity index (χ1) is 5.92. The summed E-state index contributed by atoms with van der Waals surface area (Å²) in [5, 5.41) is 0. The van der Waals surface area contributed by atoms with E-state index in [0.717, 1.165) is 12.1 Å². The number of hydrogen-bond donors (Lipinski definition) is 0. The monoisotopic (exact) mass is 167 g/mol. The Labute approximate surface area is 76.1 Å². The number of hydrogen-bond acceptors (Lipinski definition) is 1. The third-order valence-corrected chi connectivity index (χ3v) is 3.60. The summed E-state index contributed by atoms with van der Waals surface area (Å²) < 4.78 is 0. The fraction of sp³-hybridized carbons (Fsp3) is 1.00. The average molecular weight is 167 g/mol. The van der Waals surface area contributed by atoms with Gasteiger partial charge in [-0.25, -0.2) is 0 Å². The van der Waals surface area contributed by atoms with Crippen molar-refractivity contribution >= 4 is 0 Å². The predicted molar refractivity (Wildman–Crippen MR) is 52.3 cm³/mol. The molecule has 0 aromatic rings. The van der Waals surface area contributed by atoms with Gasteiger partial charge in [-0.15, -0.1) is 0 Å². The summed E-state index contributed by atoms with van der Waals surface area (Å²) in [6.07, 6.45) is 10.2. The van der Waals surface area contributed by atoms with Crippen molar-refractivity contribution in [2.75, 3.05) is 6.54 Å². The molecule has 2 aliphatic heterocycles. The molecule has 70 valence electrons. The summed E-state index contributed by atoms with van der Waals surface area (Å²) in [7, 11) is 0. The Morgan fingerprint density at radius 3 is 2.92 bits per heavy atom. The molecule has 0 N–H and O–H groups in total. The second-order valence-electron chi connectivity index (χ2n) is 4.41.